The van der Waals surface area contributed by atoms with Crippen molar-refractivity contribution < 1.29 is 9.53 Å². The number of ether oxygens (including phenoxy) is 1. The minimum Gasteiger partial charge on any atom is -0.479 e. The van der Waals surface area contributed by atoms with Gasteiger partial charge < -0.3 is 15.4 Å². The van der Waals surface area contributed by atoms with Crippen LogP contribution in [0.1, 0.15) is 26.3 Å². The summed E-state index contributed by atoms with van der Waals surface area (Å²) in [4.78, 5) is 14.0. The molecule has 0 saturated carbocycles. The van der Waals surface area contributed by atoms with E-state index >= 15 is 0 Å². The minimum atomic E-state index is -0.416. The van der Waals surface area contributed by atoms with E-state index in [9.17, 15) is 4.79 Å². The maximum atomic E-state index is 12.2. The van der Waals surface area contributed by atoms with Gasteiger partial charge in [-0.3, -0.25) is 4.79 Å². The molecule has 0 spiro atoms. The molecule has 0 saturated heterocycles. The smallest absolute Gasteiger partial charge is 0.268 e. The summed E-state index contributed by atoms with van der Waals surface area (Å²) in [5.41, 5.74) is 7.56. The number of nitrogens with zero attached hydrogens (tertiary/aromatic N) is 1. The lowest BCUT2D eigenvalue weighted by Crippen LogP contribution is -2.47. The van der Waals surface area contributed by atoms with E-state index in [0.29, 0.717) is 6.54 Å². The Morgan fingerprint density at radius 2 is 2.17 bits per heavy atom. The largest absolute Gasteiger partial charge is 0.479 e. The first kappa shape index (κ1) is 12.9. The molecule has 0 aromatic heterocycles. The molecule has 1 aliphatic heterocycles. The molecule has 4 nitrogen and oxygen atoms in total. The van der Waals surface area contributed by atoms with Crippen molar-refractivity contribution in [2.45, 2.75) is 39.3 Å². The Morgan fingerprint density at radius 1 is 1.44 bits per heavy atom. The van der Waals surface area contributed by atoms with Gasteiger partial charge in [0.05, 0.1) is 5.69 Å². The van der Waals surface area contributed by atoms with Gasteiger partial charge in [0.15, 0.2) is 6.10 Å². The highest BCUT2D eigenvalue weighted by Gasteiger charge is 2.33. The Labute approximate surface area is 108 Å². The minimum absolute atomic E-state index is 0.0161. The lowest BCUT2D eigenvalue weighted by atomic mass is 10.1. The number of carbonyl (C=O) groups is 1. The van der Waals surface area contributed by atoms with E-state index in [-0.39, 0.29) is 11.9 Å². The molecular weight excluding hydrogens is 228 g/mol. The summed E-state index contributed by atoms with van der Waals surface area (Å²) in [6, 6.07) is 6.06. The number of nitrogens with two attached hydrogens (primary N) is 1. The topological polar surface area (TPSA) is 55.6 Å². The summed E-state index contributed by atoms with van der Waals surface area (Å²) in [5, 5.41) is 0. The number of carbonyl (C=O) groups excluding carboxylic acids is 1. The van der Waals surface area contributed by atoms with Crippen molar-refractivity contribution in [1.82, 2.24) is 0 Å². The second-order valence-corrected chi connectivity index (χ2v) is 4.90. The van der Waals surface area contributed by atoms with Gasteiger partial charge in [0.25, 0.3) is 5.91 Å². The fraction of sp³-hybridized carbons (Fsp3) is 0.500. The van der Waals surface area contributed by atoms with Gasteiger partial charge >= 0.3 is 0 Å². The number of anilines is 1. The lowest BCUT2D eigenvalue weighted by molar-refractivity contribution is -0.125. The molecule has 1 aliphatic rings. The van der Waals surface area contributed by atoms with Crippen molar-refractivity contribution in [1.29, 1.82) is 0 Å². The number of hydrogen-bond acceptors (Lipinski definition) is 3. The predicted molar refractivity (Wildman–Crippen MR) is 71.9 cm³/mol. The summed E-state index contributed by atoms with van der Waals surface area (Å²) in [5.74, 6) is 0.791. The van der Waals surface area contributed by atoms with Crippen molar-refractivity contribution >= 4 is 11.6 Å². The van der Waals surface area contributed by atoms with Gasteiger partial charge in [0.2, 0.25) is 0 Å². The number of rotatable bonds is 3. The van der Waals surface area contributed by atoms with Crippen LogP contribution in [0.15, 0.2) is 18.2 Å². The maximum absolute atomic E-state index is 12.2. The van der Waals surface area contributed by atoms with Gasteiger partial charge in [-0.05, 0) is 51.4 Å². The van der Waals surface area contributed by atoms with Crippen LogP contribution in [0, 0.1) is 0 Å². The van der Waals surface area contributed by atoms with Crippen molar-refractivity contribution in [2.75, 3.05) is 11.4 Å². The van der Waals surface area contributed by atoms with Crippen LogP contribution in [0.4, 0.5) is 5.69 Å². The first-order valence-corrected chi connectivity index (χ1v) is 6.37. The van der Waals surface area contributed by atoms with Crippen LogP contribution in [0.2, 0.25) is 0 Å². The Balaban J connectivity index is 2.45. The van der Waals surface area contributed by atoms with Gasteiger partial charge in [-0.25, -0.2) is 0 Å². The molecule has 98 valence electrons. The van der Waals surface area contributed by atoms with Gasteiger partial charge in [-0.1, -0.05) is 6.07 Å². The number of benzene rings is 1. The summed E-state index contributed by atoms with van der Waals surface area (Å²) in [6.07, 6.45) is 0.392. The molecule has 4 heteroatoms. The van der Waals surface area contributed by atoms with E-state index in [2.05, 4.69) is 0 Å². The number of amides is 1. The average Bonchev–Trinajstić information content (AvgIpc) is 2.31. The zero-order valence-corrected chi connectivity index (χ0v) is 11.1. The molecule has 1 aromatic rings. The molecule has 1 amide bonds. The molecule has 1 heterocycles. The van der Waals surface area contributed by atoms with E-state index in [4.69, 9.17) is 10.5 Å². The van der Waals surface area contributed by atoms with Crippen molar-refractivity contribution in [2.24, 2.45) is 5.73 Å². The molecule has 0 radical (unpaired) electrons. The molecule has 1 aromatic carbocycles. The van der Waals surface area contributed by atoms with Crippen LogP contribution >= 0.6 is 0 Å². The van der Waals surface area contributed by atoms with E-state index in [0.717, 1.165) is 23.4 Å². The monoisotopic (exact) mass is 248 g/mol. The average molecular weight is 248 g/mol. The third-order valence-electron chi connectivity index (χ3n) is 3.12. The van der Waals surface area contributed by atoms with Crippen LogP contribution in [0.25, 0.3) is 0 Å². The van der Waals surface area contributed by atoms with Gasteiger partial charge in [-0.2, -0.15) is 0 Å². The van der Waals surface area contributed by atoms with Gasteiger partial charge in [0, 0.05) is 6.04 Å². The second-order valence-electron chi connectivity index (χ2n) is 4.90. The molecule has 18 heavy (non-hydrogen) atoms. The summed E-state index contributed by atoms with van der Waals surface area (Å²) in [7, 11) is 0. The van der Waals surface area contributed by atoms with E-state index < -0.39 is 6.10 Å². The fourth-order valence-corrected chi connectivity index (χ4v) is 2.26. The third kappa shape index (κ3) is 2.20. The van der Waals surface area contributed by atoms with E-state index in [1.54, 1.807) is 6.92 Å². The zero-order chi connectivity index (χ0) is 13.3. The first-order chi connectivity index (χ1) is 8.54. The maximum Gasteiger partial charge on any atom is 0.268 e. The zero-order valence-electron chi connectivity index (χ0n) is 11.1. The number of hydrogen-bond donors (Lipinski definition) is 1. The van der Waals surface area contributed by atoms with Crippen LogP contribution in [0.5, 0.6) is 5.75 Å². The SMILES string of the molecule is CC1Oc2ccc(CCN)cc2N(C(C)C)C1=O. The Kier molecular flexibility index (Phi) is 3.57. The molecular formula is C14H20N2O2. The van der Waals surface area contributed by atoms with Crippen LogP contribution in [0.3, 0.4) is 0 Å². The highest BCUT2D eigenvalue weighted by molar-refractivity contribution is 6.00. The summed E-state index contributed by atoms with van der Waals surface area (Å²) < 4.78 is 5.64. The van der Waals surface area contributed by atoms with Crippen molar-refractivity contribution in [3.8, 4) is 5.75 Å². The fourth-order valence-electron chi connectivity index (χ4n) is 2.26. The van der Waals surface area contributed by atoms with Crippen molar-refractivity contribution in [3.05, 3.63) is 23.8 Å². The molecule has 1 unspecified atom stereocenters. The Bertz CT molecular complexity index is 457. The highest BCUT2D eigenvalue weighted by atomic mass is 16.5. The van der Waals surface area contributed by atoms with E-state index in [1.807, 2.05) is 36.9 Å². The molecule has 0 bridgehead atoms. The second kappa shape index (κ2) is 4.98. The predicted octanol–water partition coefficient (Wildman–Crippen LogP) is 1.71. The van der Waals surface area contributed by atoms with E-state index in [1.165, 1.54) is 0 Å². The van der Waals surface area contributed by atoms with Gasteiger partial charge in [0.1, 0.15) is 5.75 Å². The van der Waals surface area contributed by atoms with Crippen molar-refractivity contribution in [3.63, 3.8) is 0 Å². The third-order valence-corrected chi connectivity index (χ3v) is 3.12. The first-order valence-electron chi connectivity index (χ1n) is 6.37. The normalized spacial score (nSPS) is 18.8. The Hall–Kier alpha value is -1.55. The lowest BCUT2D eigenvalue weighted by Gasteiger charge is -2.36. The number of fused-ring (bicyclic) bond motifs is 1. The molecule has 0 fully saturated rings. The van der Waals surface area contributed by atoms with Crippen LogP contribution in [-0.4, -0.2) is 24.6 Å². The van der Waals surface area contributed by atoms with Crippen LogP contribution < -0.4 is 15.4 Å². The molecule has 2 N–H and O–H groups in total. The molecule has 2 rings (SSSR count). The standard InChI is InChI=1S/C14H20N2O2/c1-9(2)16-12-8-11(6-7-15)4-5-13(12)18-10(3)14(16)17/h4-5,8-10H,6-7,15H2,1-3H3. The molecule has 0 aliphatic carbocycles. The van der Waals surface area contributed by atoms with Gasteiger partial charge in [-0.15, -0.1) is 0 Å². The quantitative estimate of drug-likeness (QED) is 0.886. The summed E-state index contributed by atoms with van der Waals surface area (Å²) >= 11 is 0. The van der Waals surface area contributed by atoms with Crippen LogP contribution in [-0.2, 0) is 11.2 Å². The Morgan fingerprint density at radius 3 is 2.78 bits per heavy atom. The summed E-state index contributed by atoms with van der Waals surface area (Å²) in [6.45, 7) is 6.41. The highest BCUT2D eigenvalue weighted by Crippen LogP contribution is 2.36. The molecule has 1 atom stereocenters.